The van der Waals surface area contributed by atoms with Crippen LogP contribution in [0.1, 0.15) is 0 Å². The third kappa shape index (κ3) is 4.45. The number of hydrogen-bond acceptors (Lipinski definition) is 5. The monoisotopic (exact) mass is 377 g/mol. The van der Waals surface area contributed by atoms with Gasteiger partial charge in [-0.2, -0.15) is 0 Å². The highest BCUT2D eigenvalue weighted by atomic mass is 16.6. The number of methoxy groups -OCH3 is 1. The Hall–Kier alpha value is -3.87. The molecular weight excluding hydrogens is 358 g/mol. The molecule has 142 valence electrons. The van der Waals surface area contributed by atoms with Crippen molar-refractivity contribution in [3.63, 3.8) is 0 Å². The molecule has 1 amide bonds. The Bertz CT molecular complexity index is 990. The summed E-state index contributed by atoms with van der Waals surface area (Å²) in [6.07, 6.45) is 0. The van der Waals surface area contributed by atoms with Crippen molar-refractivity contribution in [1.29, 1.82) is 0 Å². The molecule has 0 unspecified atom stereocenters. The van der Waals surface area contributed by atoms with Crippen molar-refractivity contribution in [2.45, 2.75) is 0 Å². The molecule has 0 saturated heterocycles. The molecule has 0 spiro atoms. The van der Waals surface area contributed by atoms with Gasteiger partial charge in [-0.25, -0.2) is 0 Å². The second-order valence-corrected chi connectivity index (χ2v) is 5.96. The summed E-state index contributed by atoms with van der Waals surface area (Å²) in [6.45, 7) is -0.0688. The molecule has 0 bridgehead atoms. The molecule has 0 radical (unpaired) electrons. The van der Waals surface area contributed by atoms with Crippen molar-refractivity contribution in [2.75, 3.05) is 24.3 Å². The molecule has 7 heteroatoms. The van der Waals surface area contributed by atoms with E-state index in [1.807, 2.05) is 54.6 Å². The Morgan fingerprint density at radius 1 is 1.00 bits per heavy atom. The number of benzene rings is 3. The maximum atomic E-state index is 12.4. The lowest BCUT2D eigenvalue weighted by Crippen LogP contribution is -2.22. The minimum Gasteiger partial charge on any atom is -0.495 e. The van der Waals surface area contributed by atoms with E-state index in [-0.39, 0.29) is 18.1 Å². The van der Waals surface area contributed by atoms with Crippen LogP contribution in [-0.4, -0.2) is 24.5 Å². The highest BCUT2D eigenvalue weighted by Gasteiger charge is 2.13. The molecule has 0 aromatic heterocycles. The number of nitro benzene ring substituents is 1. The normalized spacial score (nSPS) is 10.2. The van der Waals surface area contributed by atoms with E-state index in [1.165, 1.54) is 25.3 Å². The van der Waals surface area contributed by atoms with Crippen LogP contribution in [0.25, 0.3) is 11.1 Å². The van der Waals surface area contributed by atoms with Crippen LogP contribution in [0.5, 0.6) is 5.75 Å². The van der Waals surface area contributed by atoms with Crippen molar-refractivity contribution in [3.05, 3.63) is 82.9 Å². The smallest absolute Gasteiger partial charge is 0.271 e. The van der Waals surface area contributed by atoms with E-state index in [0.29, 0.717) is 17.1 Å². The highest BCUT2D eigenvalue weighted by Crippen LogP contribution is 2.29. The number of nitrogens with zero attached hydrogens (tertiary/aromatic N) is 1. The topological polar surface area (TPSA) is 93.5 Å². The number of carbonyl (C=O) groups is 1. The van der Waals surface area contributed by atoms with E-state index in [4.69, 9.17) is 4.74 Å². The number of nitro groups is 1. The standard InChI is InChI=1S/C21H19N3O4/c1-28-20-12-11-16(24(26)27)13-19(20)22-14-21(25)23-18-10-6-5-9-17(18)15-7-3-2-4-8-15/h2-13,22H,14H2,1H3,(H,23,25). The van der Waals surface area contributed by atoms with Crippen molar-refractivity contribution in [3.8, 4) is 16.9 Å². The second kappa shape index (κ2) is 8.68. The maximum Gasteiger partial charge on any atom is 0.271 e. The number of carbonyl (C=O) groups excluding carboxylic acids is 1. The van der Waals surface area contributed by atoms with Gasteiger partial charge in [-0.15, -0.1) is 0 Å². The Labute approximate surface area is 162 Å². The number of hydrogen-bond donors (Lipinski definition) is 2. The molecule has 0 aliphatic heterocycles. The number of ether oxygens (including phenoxy) is 1. The van der Waals surface area contributed by atoms with Crippen LogP contribution in [0.2, 0.25) is 0 Å². The number of amides is 1. The van der Waals surface area contributed by atoms with Crippen molar-refractivity contribution in [1.82, 2.24) is 0 Å². The van der Waals surface area contributed by atoms with E-state index in [9.17, 15) is 14.9 Å². The first-order valence-corrected chi connectivity index (χ1v) is 8.59. The SMILES string of the molecule is COc1ccc([N+](=O)[O-])cc1NCC(=O)Nc1ccccc1-c1ccccc1. The zero-order valence-electron chi connectivity index (χ0n) is 15.2. The van der Waals surface area contributed by atoms with Gasteiger partial charge in [-0.3, -0.25) is 14.9 Å². The van der Waals surface area contributed by atoms with Crippen LogP contribution >= 0.6 is 0 Å². The molecule has 3 aromatic rings. The van der Waals surface area contributed by atoms with Gasteiger partial charge in [0.2, 0.25) is 5.91 Å². The lowest BCUT2D eigenvalue weighted by molar-refractivity contribution is -0.384. The molecular formula is C21H19N3O4. The van der Waals surface area contributed by atoms with Gasteiger partial charge in [0.15, 0.2) is 0 Å². The molecule has 0 heterocycles. The van der Waals surface area contributed by atoms with E-state index < -0.39 is 4.92 Å². The van der Waals surface area contributed by atoms with Gasteiger partial charge in [-0.05, 0) is 17.7 Å². The first-order valence-electron chi connectivity index (χ1n) is 8.59. The molecule has 0 aliphatic carbocycles. The molecule has 0 atom stereocenters. The summed E-state index contributed by atoms with van der Waals surface area (Å²) in [5.41, 5.74) is 2.88. The van der Waals surface area contributed by atoms with Gasteiger partial charge in [0, 0.05) is 23.4 Å². The third-order valence-electron chi connectivity index (χ3n) is 4.12. The molecule has 2 N–H and O–H groups in total. The maximum absolute atomic E-state index is 12.4. The average Bonchev–Trinajstić information content (AvgIpc) is 2.73. The van der Waals surface area contributed by atoms with Gasteiger partial charge in [-0.1, -0.05) is 48.5 Å². The van der Waals surface area contributed by atoms with Crippen LogP contribution in [0.4, 0.5) is 17.1 Å². The van der Waals surface area contributed by atoms with E-state index >= 15 is 0 Å². The first kappa shape index (κ1) is 18.9. The van der Waals surface area contributed by atoms with E-state index in [1.54, 1.807) is 0 Å². The summed E-state index contributed by atoms with van der Waals surface area (Å²) in [6, 6.07) is 21.4. The van der Waals surface area contributed by atoms with Crippen LogP contribution in [-0.2, 0) is 4.79 Å². The second-order valence-electron chi connectivity index (χ2n) is 5.96. The van der Waals surface area contributed by atoms with Crippen molar-refractivity contribution in [2.24, 2.45) is 0 Å². The fraction of sp³-hybridized carbons (Fsp3) is 0.0952. The molecule has 0 aliphatic rings. The van der Waals surface area contributed by atoms with Gasteiger partial charge in [0.1, 0.15) is 5.75 Å². The number of non-ortho nitro benzene ring substituents is 1. The van der Waals surface area contributed by atoms with E-state index in [0.717, 1.165) is 11.1 Å². The number of para-hydroxylation sites is 1. The summed E-state index contributed by atoms with van der Waals surface area (Å²) < 4.78 is 5.19. The van der Waals surface area contributed by atoms with Crippen LogP contribution < -0.4 is 15.4 Å². The minimum atomic E-state index is -0.499. The molecule has 0 fully saturated rings. The summed E-state index contributed by atoms with van der Waals surface area (Å²) in [5, 5.41) is 16.7. The van der Waals surface area contributed by atoms with Crippen molar-refractivity contribution >= 4 is 23.0 Å². The van der Waals surface area contributed by atoms with Gasteiger partial charge in [0.05, 0.1) is 24.3 Å². The quantitative estimate of drug-likeness (QED) is 0.472. The summed E-state index contributed by atoms with van der Waals surface area (Å²) >= 11 is 0. The van der Waals surface area contributed by atoms with E-state index in [2.05, 4.69) is 10.6 Å². The molecule has 28 heavy (non-hydrogen) atoms. The fourth-order valence-electron chi connectivity index (χ4n) is 2.78. The predicted octanol–water partition coefficient (Wildman–Crippen LogP) is 4.32. The highest BCUT2D eigenvalue weighted by molar-refractivity contribution is 5.97. The summed E-state index contributed by atoms with van der Waals surface area (Å²) in [4.78, 5) is 22.9. The van der Waals surface area contributed by atoms with Gasteiger partial charge < -0.3 is 15.4 Å². The number of anilines is 2. The largest absolute Gasteiger partial charge is 0.495 e. The molecule has 7 nitrogen and oxygen atoms in total. The Kier molecular flexibility index (Phi) is 5.86. The van der Waals surface area contributed by atoms with Gasteiger partial charge in [0.25, 0.3) is 5.69 Å². The lowest BCUT2D eigenvalue weighted by atomic mass is 10.0. The van der Waals surface area contributed by atoms with Crippen LogP contribution in [0.15, 0.2) is 72.8 Å². The molecule has 3 aromatic carbocycles. The first-order chi connectivity index (χ1) is 13.6. The molecule has 0 saturated carbocycles. The summed E-state index contributed by atoms with van der Waals surface area (Å²) in [5.74, 6) is 0.139. The summed E-state index contributed by atoms with van der Waals surface area (Å²) in [7, 11) is 1.46. The Morgan fingerprint density at radius 2 is 1.71 bits per heavy atom. The predicted molar refractivity (Wildman–Crippen MR) is 109 cm³/mol. The Morgan fingerprint density at radius 3 is 2.43 bits per heavy atom. The van der Waals surface area contributed by atoms with Crippen molar-refractivity contribution < 1.29 is 14.5 Å². The average molecular weight is 377 g/mol. The zero-order valence-corrected chi connectivity index (χ0v) is 15.2. The molecule has 3 rings (SSSR count). The number of nitrogens with one attached hydrogen (secondary N) is 2. The van der Waals surface area contributed by atoms with Crippen LogP contribution in [0.3, 0.4) is 0 Å². The minimum absolute atomic E-state index is 0.0688. The number of rotatable bonds is 7. The van der Waals surface area contributed by atoms with Crippen LogP contribution in [0, 0.1) is 10.1 Å². The zero-order chi connectivity index (χ0) is 19.9. The van der Waals surface area contributed by atoms with Gasteiger partial charge >= 0.3 is 0 Å². The fourth-order valence-corrected chi connectivity index (χ4v) is 2.78. The Balaban J connectivity index is 1.73. The lowest BCUT2D eigenvalue weighted by Gasteiger charge is -2.13. The third-order valence-corrected chi connectivity index (χ3v) is 4.12.